The van der Waals surface area contributed by atoms with Crippen LogP contribution < -0.4 is 4.72 Å². The second kappa shape index (κ2) is 7.23. The Morgan fingerprint density at radius 2 is 2.00 bits per heavy atom. The Balaban J connectivity index is 1.95. The highest BCUT2D eigenvalue weighted by atomic mass is 35.5. The van der Waals surface area contributed by atoms with Gasteiger partial charge in [0.15, 0.2) is 0 Å². The highest BCUT2D eigenvalue weighted by Crippen LogP contribution is 2.16. The molecule has 1 aromatic heterocycles. The highest BCUT2D eigenvalue weighted by molar-refractivity contribution is 7.89. The fraction of sp³-hybridized carbons (Fsp3) is 0.643. The van der Waals surface area contributed by atoms with Crippen LogP contribution in [0.2, 0.25) is 5.15 Å². The number of piperazine rings is 1. The zero-order chi connectivity index (χ0) is 16.3. The minimum atomic E-state index is -3.55. The van der Waals surface area contributed by atoms with Gasteiger partial charge in [-0.1, -0.05) is 11.6 Å². The van der Waals surface area contributed by atoms with E-state index >= 15 is 0 Å². The number of nitrogens with zero attached hydrogens (tertiary/aromatic N) is 3. The molecule has 1 aliphatic heterocycles. The summed E-state index contributed by atoms with van der Waals surface area (Å²) in [5, 5.41) is 0.324. The molecule has 2 heterocycles. The lowest BCUT2D eigenvalue weighted by Crippen LogP contribution is -2.51. The molecule has 22 heavy (non-hydrogen) atoms. The SMILES string of the molecule is Cc1cc(S(=O)(=O)NCC(C)N2CCN(C)CC2)cnc1Cl. The molecule has 0 aliphatic carbocycles. The zero-order valence-corrected chi connectivity index (χ0v) is 14.8. The topological polar surface area (TPSA) is 65.5 Å². The normalized spacial score (nSPS) is 19.3. The number of aromatic nitrogens is 1. The first-order chi connectivity index (χ1) is 10.3. The summed E-state index contributed by atoms with van der Waals surface area (Å²) >= 11 is 5.83. The molecule has 0 aromatic carbocycles. The summed E-state index contributed by atoms with van der Waals surface area (Å²) in [6, 6.07) is 1.70. The number of nitrogens with one attached hydrogen (secondary N) is 1. The van der Waals surface area contributed by atoms with E-state index in [0.29, 0.717) is 17.3 Å². The lowest BCUT2D eigenvalue weighted by atomic mass is 10.2. The minimum Gasteiger partial charge on any atom is -0.304 e. The lowest BCUT2D eigenvalue weighted by Gasteiger charge is -2.36. The Kier molecular flexibility index (Phi) is 5.79. The van der Waals surface area contributed by atoms with Crippen LogP contribution in [0.5, 0.6) is 0 Å². The zero-order valence-electron chi connectivity index (χ0n) is 13.2. The fourth-order valence-electron chi connectivity index (χ4n) is 2.38. The van der Waals surface area contributed by atoms with Gasteiger partial charge >= 0.3 is 0 Å². The monoisotopic (exact) mass is 346 g/mol. The molecule has 1 atom stereocenters. The van der Waals surface area contributed by atoms with Crippen molar-refractivity contribution in [1.82, 2.24) is 19.5 Å². The van der Waals surface area contributed by atoms with Crippen LogP contribution in [0.25, 0.3) is 0 Å². The summed E-state index contributed by atoms with van der Waals surface area (Å²) in [6.45, 7) is 8.10. The van der Waals surface area contributed by atoms with E-state index in [2.05, 4.69) is 26.6 Å². The van der Waals surface area contributed by atoms with Crippen LogP contribution in [0, 0.1) is 6.92 Å². The second-order valence-electron chi connectivity index (χ2n) is 5.82. The third-order valence-electron chi connectivity index (χ3n) is 4.03. The van der Waals surface area contributed by atoms with Gasteiger partial charge in [0, 0.05) is 45.0 Å². The number of hydrogen-bond acceptors (Lipinski definition) is 5. The largest absolute Gasteiger partial charge is 0.304 e. The Morgan fingerprint density at radius 1 is 1.36 bits per heavy atom. The van der Waals surface area contributed by atoms with E-state index in [1.807, 2.05) is 6.92 Å². The number of likely N-dealkylation sites (N-methyl/N-ethyl adjacent to an activating group) is 1. The molecule has 8 heteroatoms. The predicted octanol–water partition coefficient (Wildman–Crippen LogP) is 0.958. The van der Waals surface area contributed by atoms with Gasteiger partial charge in [0.05, 0.1) is 0 Å². The quantitative estimate of drug-likeness (QED) is 0.804. The molecule has 0 bridgehead atoms. The number of pyridine rings is 1. The summed E-state index contributed by atoms with van der Waals surface area (Å²) < 4.78 is 27.3. The van der Waals surface area contributed by atoms with E-state index in [-0.39, 0.29) is 10.9 Å². The van der Waals surface area contributed by atoms with Gasteiger partial charge in [-0.2, -0.15) is 0 Å². The van der Waals surface area contributed by atoms with Crippen LogP contribution in [-0.2, 0) is 10.0 Å². The maximum atomic E-state index is 12.3. The number of aryl methyl sites for hydroxylation is 1. The predicted molar refractivity (Wildman–Crippen MR) is 87.7 cm³/mol. The van der Waals surface area contributed by atoms with Crippen molar-refractivity contribution >= 4 is 21.6 Å². The van der Waals surface area contributed by atoms with Crippen molar-refractivity contribution in [3.63, 3.8) is 0 Å². The van der Waals surface area contributed by atoms with Crippen molar-refractivity contribution < 1.29 is 8.42 Å². The van der Waals surface area contributed by atoms with Crippen molar-refractivity contribution in [3.8, 4) is 0 Å². The average molecular weight is 347 g/mol. The van der Waals surface area contributed by atoms with E-state index in [0.717, 1.165) is 26.2 Å². The van der Waals surface area contributed by atoms with Gasteiger partial charge in [0.2, 0.25) is 10.0 Å². The third-order valence-corrected chi connectivity index (χ3v) is 5.82. The molecule has 1 saturated heterocycles. The Morgan fingerprint density at radius 3 is 2.59 bits per heavy atom. The number of halogens is 1. The lowest BCUT2D eigenvalue weighted by molar-refractivity contribution is 0.120. The molecule has 0 saturated carbocycles. The summed E-state index contributed by atoms with van der Waals surface area (Å²) in [5.74, 6) is 0. The number of hydrogen-bond donors (Lipinski definition) is 1. The molecule has 1 unspecified atom stereocenters. The van der Waals surface area contributed by atoms with Crippen molar-refractivity contribution in [2.75, 3.05) is 39.8 Å². The smallest absolute Gasteiger partial charge is 0.242 e. The van der Waals surface area contributed by atoms with Gasteiger partial charge in [-0.15, -0.1) is 0 Å². The molecule has 0 spiro atoms. The van der Waals surface area contributed by atoms with Crippen LogP contribution in [0.3, 0.4) is 0 Å². The molecule has 1 fully saturated rings. The summed E-state index contributed by atoms with van der Waals surface area (Å²) in [6.07, 6.45) is 1.29. The first-order valence-electron chi connectivity index (χ1n) is 7.34. The Hall–Kier alpha value is -0.730. The summed E-state index contributed by atoms with van der Waals surface area (Å²) in [4.78, 5) is 8.63. The van der Waals surface area contributed by atoms with E-state index in [9.17, 15) is 8.42 Å². The number of sulfonamides is 1. The van der Waals surface area contributed by atoms with Gasteiger partial charge in [-0.25, -0.2) is 18.1 Å². The van der Waals surface area contributed by atoms with Gasteiger partial charge in [0.25, 0.3) is 0 Å². The van der Waals surface area contributed by atoms with Gasteiger partial charge in [-0.3, -0.25) is 4.90 Å². The molecule has 2 rings (SSSR count). The van der Waals surface area contributed by atoms with Crippen LogP contribution in [0.15, 0.2) is 17.2 Å². The summed E-state index contributed by atoms with van der Waals surface area (Å²) in [5.41, 5.74) is 0.650. The van der Waals surface area contributed by atoms with Crippen LogP contribution >= 0.6 is 11.6 Å². The first kappa shape index (κ1) is 17.6. The van der Waals surface area contributed by atoms with Crippen LogP contribution in [0.1, 0.15) is 12.5 Å². The number of rotatable bonds is 5. The Bertz CT molecular complexity index is 615. The van der Waals surface area contributed by atoms with E-state index in [4.69, 9.17) is 11.6 Å². The van der Waals surface area contributed by atoms with Gasteiger partial charge in [0.1, 0.15) is 10.0 Å². The van der Waals surface area contributed by atoms with E-state index < -0.39 is 10.0 Å². The maximum absolute atomic E-state index is 12.3. The minimum absolute atomic E-state index is 0.153. The van der Waals surface area contributed by atoms with Crippen LogP contribution in [0.4, 0.5) is 0 Å². The van der Waals surface area contributed by atoms with Crippen molar-refractivity contribution in [3.05, 3.63) is 23.0 Å². The Labute approximate surface area is 137 Å². The molecule has 1 aliphatic rings. The molecular formula is C14H23ClN4O2S. The first-order valence-corrected chi connectivity index (χ1v) is 9.20. The van der Waals surface area contributed by atoms with E-state index in [1.165, 1.54) is 12.3 Å². The van der Waals surface area contributed by atoms with Crippen molar-refractivity contribution in [2.45, 2.75) is 24.8 Å². The summed E-state index contributed by atoms with van der Waals surface area (Å²) in [7, 11) is -1.45. The molecule has 1 N–H and O–H groups in total. The fourth-order valence-corrected chi connectivity index (χ4v) is 3.64. The standard InChI is InChI=1S/C14H23ClN4O2S/c1-11-8-13(10-16-14(11)15)22(20,21)17-9-12(2)19-6-4-18(3)5-7-19/h8,10,12,17H,4-7,9H2,1-3H3. The van der Waals surface area contributed by atoms with Crippen molar-refractivity contribution in [1.29, 1.82) is 0 Å². The van der Waals surface area contributed by atoms with Gasteiger partial charge < -0.3 is 4.90 Å². The van der Waals surface area contributed by atoms with Crippen molar-refractivity contribution in [2.24, 2.45) is 0 Å². The molecule has 0 radical (unpaired) electrons. The molecule has 124 valence electrons. The highest BCUT2D eigenvalue weighted by Gasteiger charge is 2.22. The van der Waals surface area contributed by atoms with E-state index in [1.54, 1.807) is 6.92 Å². The van der Waals surface area contributed by atoms with Gasteiger partial charge in [-0.05, 0) is 32.5 Å². The third kappa shape index (κ3) is 4.39. The second-order valence-corrected chi connectivity index (χ2v) is 7.94. The molecule has 0 amide bonds. The maximum Gasteiger partial charge on any atom is 0.242 e. The molecule has 6 nitrogen and oxygen atoms in total. The molecule has 1 aromatic rings. The average Bonchev–Trinajstić information content (AvgIpc) is 2.48. The molecular weight excluding hydrogens is 324 g/mol. The van der Waals surface area contributed by atoms with Crippen LogP contribution in [-0.4, -0.2) is 69.0 Å².